The Hall–Kier alpha value is -6.24. The van der Waals surface area contributed by atoms with Crippen LogP contribution in [0.25, 0.3) is 6.08 Å². The zero-order valence-corrected chi connectivity index (χ0v) is 33.3. The summed E-state index contributed by atoms with van der Waals surface area (Å²) >= 11 is 0.806. The largest absolute Gasteiger partial charge is 0.350 e. The van der Waals surface area contributed by atoms with Crippen molar-refractivity contribution < 1.29 is 32.8 Å². The molecule has 5 aromatic rings. The first-order valence-corrected chi connectivity index (χ1v) is 20.2. The second kappa shape index (κ2) is 18.1. The number of hydrogen-bond donors (Lipinski definition) is 2. The Labute approximate surface area is 345 Å². The third-order valence-corrected chi connectivity index (χ3v) is 11.2. The van der Waals surface area contributed by atoms with E-state index in [0.717, 1.165) is 35.0 Å². The van der Waals surface area contributed by atoms with Gasteiger partial charge in [0, 0.05) is 48.4 Å². The lowest BCUT2D eigenvalue weighted by Gasteiger charge is -2.38. The van der Waals surface area contributed by atoms with Crippen molar-refractivity contribution in [3.63, 3.8) is 0 Å². The predicted octanol–water partition coefficient (Wildman–Crippen LogP) is 8.28. The van der Waals surface area contributed by atoms with Crippen LogP contribution in [-0.4, -0.2) is 70.3 Å². The van der Waals surface area contributed by atoms with Crippen molar-refractivity contribution in [3.8, 4) is 0 Å². The maximum Gasteiger partial charge on any atom is 0.290 e. The SMILES string of the molecule is CC(C)CN(C(c1ccccc1)c1ccccc1)[C@@H]1C[C@@H](CNC(=O)c2ccc(/C=C3\SC(=O)NC3=O)cc2)N(C(=O)c2ccccc2C(=O)c2cc(F)cc(F)c2)C1. The number of benzene rings is 5. The van der Waals surface area contributed by atoms with Gasteiger partial charge in [0.25, 0.3) is 23.0 Å². The Morgan fingerprint density at radius 1 is 0.814 bits per heavy atom. The van der Waals surface area contributed by atoms with Crippen molar-refractivity contribution >= 4 is 46.6 Å². The Kier molecular flexibility index (Phi) is 12.6. The van der Waals surface area contributed by atoms with Gasteiger partial charge in [0.15, 0.2) is 5.78 Å². The van der Waals surface area contributed by atoms with Crippen LogP contribution in [0.15, 0.2) is 132 Å². The van der Waals surface area contributed by atoms with Crippen LogP contribution >= 0.6 is 11.8 Å². The van der Waals surface area contributed by atoms with Crippen LogP contribution in [0.4, 0.5) is 13.6 Å². The Morgan fingerprint density at radius 3 is 1.98 bits per heavy atom. The highest BCUT2D eigenvalue weighted by atomic mass is 32.2. The summed E-state index contributed by atoms with van der Waals surface area (Å²) in [5.41, 5.74) is 3.03. The molecule has 2 aliphatic heterocycles. The fraction of sp³-hybridized carbons (Fsp3) is 0.213. The molecule has 0 bridgehead atoms. The number of carbonyl (C=O) groups is 5. The van der Waals surface area contributed by atoms with Gasteiger partial charge >= 0.3 is 0 Å². The number of thioether (sulfide) groups is 1. The van der Waals surface area contributed by atoms with E-state index in [9.17, 15) is 32.8 Å². The van der Waals surface area contributed by atoms with Gasteiger partial charge in [-0.2, -0.15) is 0 Å². The minimum absolute atomic E-state index is 0.00660. The molecular formula is C47H42F2N4O5S. The first kappa shape index (κ1) is 40.9. The Morgan fingerprint density at radius 2 is 1.41 bits per heavy atom. The number of halogens is 2. The predicted molar refractivity (Wildman–Crippen MR) is 224 cm³/mol. The maximum absolute atomic E-state index is 14.8. The Balaban J connectivity index is 1.21. The number of amides is 4. The molecule has 0 spiro atoms. The third kappa shape index (κ3) is 9.56. The molecule has 59 heavy (non-hydrogen) atoms. The standard InChI is InChI=1S/C47H42F2N4O5S/c1-29(2)27-52(42(31-11-5-3-6-12-31)32-13-7-4-8-14-32)38-25-37(26-50-44(55)33-19-17-30(18-20-33)21-41-45(56)51-47(58)59-41)53(28-38)46(57)40-16-10-9-15-39(40)43(54)34-22-35(48)24-36(49)23-34/h3-24,29,37-38,42H,25-28H2,1-2H3,(H,50,55)(H,51,56,58)/b41-21-/t37-,38+/m0/s1. The Bertz CT molecular complexity index is 2350. The molecule has 2 fully saturated rings. The third-order valence-electron chi connectivity index (χ3n) is 10.4. The summed E-state index contributed by atoms with van der Waals surface area (Å²) in [7, 11) is 0. The lowest BCUT2D eigenvalue weighted by molar-refractivity contribution is -0.115. The summed E-state index contributed by atoms with van der Waals surface area (Å²) in [5, 5.41) is 4.80. The van der Waals surface area contributed by atoms with Gasteiger partial charge < -0.3 is 10.2 Å². The van der Waals surface area contributed by atoms with Gasteiger partial charge in [0.2, 0.25) is 0 Å². The van der Waals surface area contributed by atoms with E-state index < -0.39 is 40.5 Å². The molecule has 300 valence electrons. The molecule has 0 unspecified atom stereocenters. The van der Waals surface area contributed by atoms with E-state index in [1.807, 2.05) is 36.4 Å². The minimum atomic E-state index is -0.907. The van der Waals surface area contributed by atoms with Gasteiger partial charge in [-0.25, -0.2) is 8.78 Å². The van der Waals surface area contributed by atoms with Gasteiger partial charge in [0.05, 0.1) is 22.6 Å². The summed E-state index contributed by atoms with van der Waals surface area (Å²) in [6.07, 6.45) is 2.06. The molecule has 12 heteroatoms. The lowest BCUT2D eigenvalue weighted by Crippen LogP contribution is -2.44. The topological polar surface area (TPSA) is 116 Å². The molecule has 2 heterocycles. The number of rotatable bonds is 13. The quantitative estimate of drug-likeness (QED) is 0.0909. The van der Waals surface area contributed by atoms with Crippen LogP contribution in [0.2, 0.25) is 0 Å². The molecule has 0 saturated carbocycles. The molecule has 5 aromatic carbocycles. The normalized spacial score (nSPS) is 17.3. The van der Waals surface area contributed by atoms with Crippen LogP contribution in [0.5, 0.6) is 0 Å². The van der Waals surface area contributed by atoms with Crippen LogP contribution in [0, 0.1) is 17.6 Å². The van der Waals surface area contributed by atoms with Gasteiger partial charge in [-0.1, -0.05) is 105 Å². The smallest absolute Gasteiger partial charge is 0.290 e. The number of ketones is 1. The molecule has 7 rings (SSSR count). The molecule has 0 aromatic heterocycles. The van der Waals surface area contributed by atoms with E-state index in [2.05, 4.69) is 53.6 Å². The molecule has 0 aliphatic carbocycles. The maximum atomic E-state index is 14.8. The first-order valence-electron chi connectivity index (χ1n) is 19.3. The van der Waals surface area contributed by atoms with Gasteiger partial charge in [-0.15, -0.1) is 0 Å². The highest BCUT2D eigenvalue weighted by Crippen LogP contribution is 2.36. The van der Waals surface area contributed by atoms with Crippen LogP contribution in [-0.2, 0) is 4.79 Å². The van der Waals surface area contributed by atoms with Crippen LogP contribution in [0.1, 0.15) is 79.6 Å². The fourth-order valence-electron chi connectivity index (χ4n) is 7.79. The first-order chi connectivity index (χ1) is 28.4. The van der Waals surface area contributed by atoms with Crippen molar-refractivity contribution in [3.05, 3.63) is 183 Å². The molecular weight excluding hydrogens is 771 g/mol. The molecule has 0 radical (unpaired) electrons. The monoisotopic (exact) mass is 812 g/mol. The molecule has 2 atom stereocenters. The lowest BCUT2D eigenvalue weighted by atomic mass is 9.94. The van der Waals surface area contributed by atoms with E-state index in [1.165, 1.54) is 12.1 Å². The average Bonchev–Trinajstić information content (AvgIpc) is 3.80. The number of nitrogens with zero attached hydrogens (tertiary/aromatic N) is 2. The molecule has 4 amide bonds. The van der Waals surface area contributed by atoms with E-state index in [-0.39, 0.29) is 58.6 Å². The summed E-state index contributed by atoms with van der Waals surface area (Å²) in [6.45, 7) is 5.35. The summed E-state index contributed by atoms with van der Waals surface area (Å²) in [6, 6.07) is 34.9. The number of carbonyl (C=O) groups excluding carboxylic acids is 5. The van der Waals surface area contributed by atoms with Gasteiger partial charge in [-0.05, 0) is 77.2 Å². The summed E-state index contributed by atoms with van der Waals surface area (Å²) in [4.78, 5) is 70.2. The zero-order chi connectivity index (χ0) is 41.6. The molecule has 2 N–H and O–H groups in total. The summed E-state index contributed by atoms with van der Waals surface area (Å²) in [5.74, 6) is -3.56. The zero-order valence-electron chi connectivity index (χ0n) is 32.4. The highest BCUT2D eigenvalue weighted by molar-refractivity contribution is 8.18. The molecule has 2 saturated heterocycles. The summed E-state index contributed by atoms with van der Waals surface area (Å²) < 4.78 is 28.5. The van der Waals surface area contributed by atoms with E-state index in [0.29, 0.717) is 30.2 Å². The van der Waals surface area contributed by atoms with E-state index >= 15 is 0 Å². The molecule has 2 aliphatic rings. The van der Waals surface area contributed by atoms with Crippen molar-refractivity contribution in [2.75, 3.05) is 19.6 Å². The van der Waals surface area contributed by atoms with Crippen molar-refractivity contribution in [1.29, 1.82) is 0 Å². The van der Waals surface area contributed by atoms with E-state index in [1.54, 1.807) is 47.4 Å². The highest BCUT2D eigenvalue weighted by Gasteiger charge is 2.42. The van der Waals surface area contributed by atoms with Crippen LogP contribution < -0.4 is 10.6 Å². The van der Waals surface area contributed by atoms with Crippen LogP contribution in [0.3, 0.4) is 0 Å². The molecule has 9 nitrogen and oxygen atoms in total. The van der Waals surface area contributed by atoms with Crippen molar-refractivity contribution in [1.82, 2.24) is 20.4 Å². The number of nitrogens with one attached hydrogen (secondary N) is 2. The number of likely N-dealkylation sites (tertiary alicyclic amines) is 1. The number of imide groups is 1. The van der Waals surface area contributed by atoms with Gasteiger partial charge in [-0.3, -0.25) is 34.2 Å². The van der Waals surface area contributed by atoms with Crippen molar-refractivity contribution in [2.45, 2.75) is 38.4 Å². The fourth-order valence-corrected chi connectivity index (χ4v) is 8.47. The van der Waals surface area contributed by atoms with Crippen molar-refractivity contribution in [2.24, 2.45) is 5.92 Å². The minimum Gasteiger partial charge on any atom is -0.350 e. The van der Waals surface area contributed by atoms with Gasteiger partial charge in [0.1, 0.15) is 11.6 Å². The number of hydrogen-bond acceptors (Lipinski definition) is 7. The van der Waals surface area contributed by atoms with E-state index in [4.69, 9.17) is 0 Å². The average molecular weight is 813 g/mol. The second-order valence-electron chi connectivity index (χ2n) is 15.0. The second-order valence-corrected chi connectivity index (χ2v) is 16.0.